The van der Waals surface area contributed by atoms with Gasteiger partial charge in [-0.1, -0.05) is 36.4 Å². The summed E-state index contributed by atoms with van der Waals surface area (Å²) in [5.74, 6) is -1.02. The largest absolute Gasteiger partial charge is 1.00 e. The average Bonchev–Trinajstić information content (AvgIpc) is 2.88. The van der Waals surface area contributed by atoms with Crippen molar-refractivity contribution < 1.29 is 94.6 Å². The minimum absolute atomic E-state index is 0. The Bertz CT molecular complexity index is 1980. The van der Waals surface area contributed by atoms with Crippen molar-refractivity contribution in [1.29, 1.82) is 0 Å². The number of ketones is 2. The number of fused-ring (bicyclic) bond motifs is 2. The molecule has 0 saturated carbocycles. The van der Waals surface area contributed by atoms with Crippen molar-refractivity contribution in [2.75, 3.05) is 10.6 Å². The predicted octanol–water partition coefficient (Wildman–Crippen LogP) is -1.62. The van der Waals surface area contributed by atoms with Crippen molar-refractivity contribution >= 4 is 54.6 Å². The third kappa shape index (κ3) is 6.58. The van der Waals surface area contributed by atoms with Crippen LogP contribution < -0.4 is 69.7 Å². The summed E-state index contributed by atoms with van der Waals surface area (Å²) in [7, 11) is -9.91. The van der Waals surface area contributed by atoms with Gasteiger partial charge < -0.3 is 19.7 Å². The van der Waals surface area contributed by atoms with Crippen molar-refractivity contribution in [3.8, 4) is 0 Å². The van der Waals surface area contributed by atoms with Crippen molar-refractivity contribution in [3.63, 3.8) is 0 Å². The quantitative estimate of drug-likeness (QED) is 0.166. The van der Waals surface area contributed by atoms with Gasteiger partial charge in [0.1, 0.15) is 20.2 Å². The van der Waals surface area contributed by atoms with E-state index in [4.69, 9.17) is 0 Å². The maximum absolute atomic E-state index is 13.7. The van der Waals surface area contributed by atoms with Gasteiger partial charge in [-0.2, -0.15) is 0 Å². The normalized spacial score (nSPS) is 12.4. The molecule has 0 aliphatic heterocycles. The molecule has 1 aliphatic rings. The number of anilines is 4. The Kier molecular flexibility index (Phi) is 10.3. The molecule has 0 unspecified atom stereocenters. The molecular formula is C28H20N2Na2O8S2. The van der Waals surface area contributed by atoms with Gasteiger partial charge in [0.2, 0.25) is 0 Å². The van der Waals surface area contributed by atoms with E-state index in [1.807, 2.05) is 0 Å². The number of carbonyl (C=O) groups is 2. The summed E-state index contributed by atoms with van der Waals surface area (Å²) in [6, 6.07) is 17.1. The zero-order valence-corrected chi connectivity index (χ0v) is 28.6. The van der Waals surface area contributed by atoms with E-state index in [9.17, 15) is 35.5 Å². The summed E-state index contributed by atoms with van der Waals surface area (Å²) in [6.45, 7) is 3.20. The van der Waals surface area contributed by atoms with Crippen LogP contribution in [0.15, 0.2) is 82.6 Å². The minimum Gasteiger partial charge on any atom is -0.744 e. The first kappa shape index (κ1) is 34.1. The molecule has 4 aromatic carbocycles. The summed E-state index contributed by atoms with van der Waals surface area (Å²) in [5.41, 5.74) is 0.845. The molecule has 0 atom stereocenters. The van der Waals surface area contributed by atoms with E-state index in [-0.39, 0.29) is 104 Å². The number of carbonyl (C=O) groups excluding carboxylic acids is 2. The first-order valence-electron chi connectivity index (χ1n) is 11.8. The molecule has 4 aromatic rings. The maximum Gasteiger partial charge on any atom is 1.00 e. The first-order valence-corrected chi connectivity index (χ1v) is 14.6. The molecule has 2 N–H and O–H groups in total. The van der Waals surface area contributed by atoms with Crippen molar-refractivity contribution in [3.05, 3.63) is 106 Å². The Morgan fingerprint density at radius 1 is 0.571 bits per heavy atom. The van der Waals surface area contributed by atoms with Crippen LogP contribution in [-0.2, 0) is 20.2 Å². The van der Waals surface area contributed by atoms with Gasteiger partial charge in [0.05, 0.1) is 38.1 Å². The third-order valence-electron chi connectivity index (χ3n) is 6.44. The Morgan fingerprint density at radius 3 is 1.52 bits per heavy atom. The Labute approximate surface area is 287 Å². The van der Waals surface area contributed by atoms with Gasteiger partial charge in [-0.25, -0.2) is 16.8 Å². The van der Waals surface area contributed by atoms with Gasteiger partial charge in [0.15, 0.2) is 11.6 Å². The molecule has 0 bridgehead atoms. The van der Waals surface area contributed by atoms with Gasteiger partial charge >= 0.3 is 59.1 Å². The number of hydrogen-bond acceptors (Lipinski definition) is 10. The fraction of sp³-hybridized carbons (Fsp3) is 0.0714. The van der Waals surface area contributed by atoms with Gasteiger partial charge in [-0.15, -0.1) is 0 Å². The van der Waals surface area contributed by atoms with Crippen LogP contribution in [0.2, 0.25) is 0 Å². The second kappa shape index (κ2) is 12.7. The van der Waals surface area contributed by atoms with E-state index in [0.29, 0.717) is 11.1 Å². The predicted molar refractivity (Wildman–Crippen MR) is 145 cm³/mol. The first-order chi connectivity index (χ1) is 18.8. The van der Waals surface area contributed by atoms with Crippen molar-refractivity contribution in [2.45, 2.75) is 23.6 Å². The SMILES string of the molecule is Cc1ccc(Nc2ccc3c(c2Nc2ccc(C)cc2S(=O)(=O)[O-])C(=O)c2ccccc2C3=O)c(S(=O)(=O)[O-])c1.[Na+].[Na+]. The van der Waals surface area contributed by atoms with Crippen LogP contribution in [0.5, 0.6) is 0 Å². The van der Waals surface area contributed by atoms with Gasteiger partial charge in [0.25, 0.3) is 0 Å². The Hall–Kier alpha value is -2.36. The number of benzene rings is 4. The van der Waals surface area contributed by atoms with E-state index >= 15 is 0 Å². The van der Waals surface area contributed by atoms with Gasteiger partial charge in [0, 0.05) is 16.7 Å². The summed E-state index contributed by atoms with van der Waals surface area (Å²) >= 11 is 0. The van der Waals surface area contributed by atoms with E-state index in [0.717, 1.165) is 6.07 Å². The average molecular weight is 623 g/mol. The molecule has 0 amide bonds. The van der Waals surface area contributed by atoms with Crippen LogP contribution in [0.3, 0.4) is 0 Å². The number of rotatable bonds is 6. The third-order valence-corrected chi connectivity index (χ3v) is 8.19. The molecule has 0 radical (unpaired) electrons. The van der Waals surface area contributed by atoms with E-state index in [1.54, 1.807) is 38.1 Å². The van der Waals surface area contributed by atoms with Crippen molar-refractivity contribution in [2.24, 2.45) is 0 Å². The number of nitrogens with one attached hydrogen (secondary N) is 2. The van der Waals surface area contributed by atoms with Gasteiger partial charge in [-0.05, 0) is 61.4 Å². The second-order valence-corrected chi connectivity index (χ2v) is 12.0. The van der Waals surface area contributed by atoms with Crippen molar-refractivity contribution in [1.82, 2.24) is 0 Å². The molecule has 0 heterocycles. The molecule has 10 nitrogen and oxygen atoms in total. The number of aryl methyl sites for hydroxylation is 2. The van der Waals surface area contributed by atoms with E-state index < -0.39 is 41.6 Å². The van der Waals surface area contributed by atoms with Crippen LogP contribution in [0.1, 0.15) is 43.0 Å². The maximum atomic E-state index is 13.7. The number of hydrogen-bond donors (Lipinski definition) is 2. The molecule has 5 rings (SSSR count). The van der Waals surface area contributed by atoms with Crippen LogP contribution >= 0.6 is 0 Å². The summed E-state index contributed by atoms with van der Waals surface area (Å²) in [6.07, 6.45) is 0. The van der Waals surface area contributed by atoms with E-state index in [1.165, 1.54) is 42.5 Å². The summed E-state index contributed by atoms with van der Waals surface area (Å²) in [4.78, 5) is 25.9. The van der Waals surface area contributed by atoms with Crippen LogP contribution in [0, 0.1) is 13.8 Å². The molecule has 1 aliphatic carbocycles. The van der Waals surface area contributed by atoms with Gasteiger partial charge in [-0.3, -0.25) is 9.59 Å². The molecule has 0 spiro atoms. The molecular weight excluding hydrogens is 602 g/mol. The summed E-state index contributed by atoms with van der Waals surface area (Å²) in [5, 5.41) is 5.67. The zero-order chi connectivity index (χ0) is 29.0. The minimum atomic E-state index is -4.98. The molecule has 14 heteroatoms. The molecule has 42 heavy (non-hydrogen) atoms. The van der Waals surface area contributed by atoms with Crippen LogP contribution in [0.4, 0.5) is 22.7 Å². The summed E-state index contributed by atoms with van der Waals surface area (Å²) < 4.78 is 72.3. The smallest absolute Gasteiger partial charge is 0.744 e. The Balaban J connectivity index is 0.00000242. The van der Waals surface area contributed by atoms with E-state index in [2.05, 4.69) is 10.6 Å². The molecule has 204 valence electrons. The molecule has 0 aromatic heterocycles. The monoisotopic (exact) mass is 622 g/mol. The molecule has 0 fully saturated rings. The Morgan fingerprint density at radius 2 is 1.02 bits per heavy atom. The fourth-order valence-electron chi connectivity index (χ4n) is 4.58. The second-order valence-electron chi connectivity index (χ2n) is 9.27. The fourth-order valence-corrected chi connectivity index (χ4v) is 6.02. The van der Waals surface area contributed by atoms with Crippen LogP contribution in [-0.4, -0.2) is 37.5 Å². The standard InChI is InChI=1S/C28H22N2O8S2.2Na/c1-15-7-10-20(23(13-15)39(33,34)35)29-22-12-9-19-25(28(32)18-6-4-3-5-17(18)27(19)31)26(22)30-21-11-8-16(2)14-24(21)40(36,37)38;;/h3-14,29-30H,1-2H3,(H,33,34,35)(H,36,37,38);;/q;2*+1/p-2. The zero-order valence-electron chi connectivity index (χ0n) is 23.0. The van der Waals surface area contributed by atoms with Crippen LogP contribution in [0.25, 0.3) is 0 Å². The topological polar surface area (TPSA) is 173 Å². The molecule has 0 saturated heterocycles.